The minimum absolute atomic E-state index is 0.0768. The SMILES string of the molecule is NC(=O)C1CCN(c2ccc(C(N)=S)cn2)C1. The van der Waals surface area contributed by atoms with Crippen LogP contribution in [0.2, 0.25) is 0 Å². The highest BCUT2D eigenvalue weighted by atomic mass is 32.1. The zero-order valence-corrected chi connectivity index (χ0v) is 10.1. The van der Waals surface area contributed by atoms with Crippen molar-refractivity contribution in [1.82, 2.24) is 4.98 Å². The van der Waals surface area contributed by atoms with Gasteiger partial charge in [0.2, 0.25) is 5.91 Å². The summed E-state index contributed by atoms with van der Waals surface area (Å²) in [6.45, 7) is 1.43. The van der Waals surface area contributed by atoms with Crippen LogP contribution in [0.15, 0.2) is 18.3 Å². The van der Waals surface area contributed by atoms with Crippen molar-refractivity contribution in [2.24, 2.45) is 17.4 Å². The minimum Gasteiger partial charge on any atom is -0.389 e. The van der Waals surface area contributed by atoms with Gasteiger partial charge in [-0.05, 0) is 18.6 Å². The highest BCUT2D eigenvalue weighted by Gasteiger charge is 2.27. The van der Waals surface area contributed by atoms with Crippen LogP contribution in [0.1, 0.15) is 12.0 Å². The van der Waals surface area contributed by atoms with Gasteiger partial charge in [0.05, 0.1) is 5.92 Å². The van der Waals surface area contributed by atoms with Crippen LogP contribution in [0.3, 0.4) is 0 Å². The third-order valence-corrected chi connectivity index (χ3v) is 3.18. The first-order chi connectivity index (χ1) is 8.08. The van der Waals surface area contributed by atoms with Gasteiger partial charge in [-0.15, -0.1) is 0 Å². The second-order valence-electron chi connectivity index (χ2n) is 4.10. The fourth-order valence-electron chi connectivity index (χ4n) is 1.92. The van der Waals surface area contributed by atoms with Crippen LogP contribution in [0.4, 0.5) is 5.82 Å². The van der Waals surface area contributed by atoms with Crippen LogP contribution in [-0.2, 0) is 4.79 Å². The van der Waals surface area contributed by atoms with E-state index in [2.05, 4.69) is 4.98 Å². The molecule has 4 N–H and O–H groups in total. The molecular weight excluding hydrogens is 236 g/mol. The Labute approximate surface area is 105 Å². The van der Waals surface area contributed by atoms with Gasteiger partial charge in [0.25, 0.3) is 0 Å². The zero-order valence-electron chi connectivity index (χ0n) is 9.30. The first-order valence-electron chi connectivity index (χ1n) is 5.38. The quantitative estimate of drug-likeness (QED) is 0.739. The van der Waals surface area contributed by atoms with Crippen molar-refractivity contribution in [1.29, 1.82) is 0 Å². The number of amides is 1. The Kier molecular flexibility index (Phi) is 3.23. The van der Waals surface area contributed by atoms with Crippen molar-refractivity contribution >= 4 is 28.9 Å². The molecule has 1 amide bonds. The summed E-state index contributed by atoms with van der Waals surface area (Å²) >= 11 is 4.86. The second-order valence-corrected chi connectivity index (χ2v) is 4.54. The Morgan fingerprint density at radius 1 is 1.47 bits per heavy atom. The summed E-state index contributed by atoms with van der Waals surface area (Å²) in [5, 5.41) is 0. The number of hydrogen-bond donors (Lipinski definition) is 2. The van der Waals surface area contributed by atoms with Gasteiger partial charge >= 0.3 is 0 Å². The lowest BCUT2D eigenvalue weighted by molar-refractivity contribution is -0.121. The molecule has 6 heteroatoms. The number of nitrogens with two attached hydrogens (primary N) is 2. The Morgan fingerprint density at radius 2 is 2.24 bits per heavy atom. The Morgan fingerprint density at radius 3 is 2.71 bits per heavy atom. The highest BCUT2D eigenvalue weighted by molar-refractivity contribution is 7.80. The molecule has 0 aliphatic carbocycles. The maximum atomic E-state index is 11.1. The standard InChI is InChI=1S/C11H14N4OS/c12-10(16)8-3-4-15(6-8)9-2-1-7(5-14-9)11(13)17/h1-2,5,8H,3-4,6H2,(H2,12,16)(H2,13,17). The summed E-state index contributed by atoms with van der Waals surface area (Å²) in [7, 11) is 0. The van der Waals surface area contributed by atoms with Crippen LogP contribution in [0, 0.1) is 5.92 Å². The number of nitrogens with zero attached hydrogens (tertiary/aromatic N) is 2. The van der Waals surface area contributed by atoms with E-state index in [1.807, 2.05) is 17.0 Å². The van der Waals surface area contributed by atoms with Crippen LogP contribution in [0.5, 0.6) is 0 Å². The second kappa shape index (κ2) is 4.67. The lowest BCUT2D eigenvalue weighted by Gasteiger charge is -2.16. The van der Waals surface area contributed by atoms with E-state index in [4.69, 9.17) is 23.7 Å². The summed E-state index contributed by atoms with van der Waals surface area (Å²) in [6.07, 6.45) is 2.43. The van der Waals surface area contributed by atoms with E-state index in [1.165, 1.54) is 0 Å². The number of aromatic nitrogens is 1. The maximum absolute atomic E-state index is 11.1. The molecule has 1 unspecified atom stereocenters. The lowest BCUT2D eigenvalue weighted by Crippen LogP contribution is -2.27. The van der Waals surface area contributed by atoms with E-state index in [0.717, 1.165) is 24.3 Å². The molecule has 1 saturated heterocycles. The maximum Gasteiger partial charge on any atom is 0.222 e. The van der Waals surface area contributed by atoms with E-state index in [0.29, 0.717) is 11.5 Å². The third-order valence-electron chi connectivity index (χ3n) is 2.95. The number of pyridine rings is 1. The predicted molar refractivity (Wildman–Crippen MR) is 69.6 cm³/mol. The van der Waals surface area contributed by atoms with E-state index in [9.17, 15) is 4.79 Å². The number of rotatable bonds is 3. The third kappa shape index (κ3) is 2.52. The van der Waals surface area contributed by atoms with Crippen molar-refractivity contribution in [3.8, 4) is 0 Å². The normalized spacial score (nSPS) is 19.3. The average Bonchev–Trinajstić information content (AvgIpc) is 2.78. The molecule has 17 heavy (non-hydrogen) atoms. The van der Waals surface area contributed by atoms with E-state index < -0.39 is 0 Å². The summed E-state index contributed by atoms with van der Waals surface area (Å²) in [4.78, 5) is 17.7. The van der Waals surface area contributed by atoms with Gasteiger partial charge in [0.15, 0.2) is 0 Å². The first-order valence-corrected chi connectivity index (χ1v) is 5.79. The molecule has 1 fully saturated rings. The van der Waals surface area contributed by atoms with E-state index in [1.54, 1.807) is 6.20 Å². The van der Waals surface area contributed by atoms with Crippen molar-refractivity contribution < 1.29 is 4.79 Å². The summed E-state index contributed by atoms with van der Waals surface area (Å²) in [5.41, 5.74) is 11.5. The van der Waals surface area contributed by atoms with Crippen molar-refractivity contribution in [3.05, 3.63) is 23.9 Å². The summed E-state index contributed by atoms with van der Waals surface area (Å²) in [5.74, 6) is 0.507. The Bertz CT molecular complexity index is 445. The predicted octanol–water partition coefficient (Wildman–Crippen LogP) is 0.0274. The van der Waals surface area contributed by atoms with Crippen LogP contribution in [0.25, 0.3) is 0 Å². The molecule has 5 nitrogen and oxygen atoms in total. The summed E-state index contributed by atoms with van der Waals surface area (Å²) in [6, 6.07) is 3.69. The molecule has 1 aromatic heterocycles. The molecule has 0 bridgehead atoms. The van der Waals surface area contributed by atoms with Crippen molar-refractivity contribution in [2.75, 3.05) is 18.0 Å². The number of hydrogen-bond acceptors (Lipinski definition) is 4. The van der Waals surface area contributed by atoms with Crippen molar-refractivity contribution in [2.45, 2.75) is 6.42 Å². The number of carbonyl (C=O) groups excluding carboxylic acids is 1. The molecule has 2 rings (SSSR count). The molecule has 90 valence electrons. The number of anilines is 1. The number of carbonyl (C=O) groups is 1. The van der Waals surface area contributed by atoms with E-state index in [-0.39, 0.29) is 11.8 Å². The fourth-order valence-corrected chi connectivity index (χ4v) is 2.04. The van der Waals surface area contributed by atoms with Crippen LogP contribution in [-0.4, -0.2) is 29.0 Å². The molecule has 1 aliphatic rings. The van der Waals surface area contributed by atoms with Gasteiger partial charge in [-0.3, -0.25) is 4.79 Å². The highest BCUT2D eigenvalue weighted by Crippen LogP contribution is 2.21. The van der Waals surface area contributed by atoms with E-state index >= 15 is 0 Å². The van der Waals surface area contributed by atoms with Gasteiger partial charge in [-0.25, -0.2) is 4.98 Å². The van der Waals surface area contributed by atoms with Gasteiger partial charge in [-0.1, -0.05) is 12.2 Å². The number of primary amides is 1. The molecule has 0 spiro atoms. The topological polar surface area (TPSA) is 85.2 Å². The number of thiocarbonyl (C=S) groups is 1. The average molecular weight is 250 g/mol. The van der Waals surface area contributed by atoms with Crippen molar-refractivity contribution in [3.63, 3.8) is 0 Å². The molecular formula is C11H14N4OS. The molecule has 1 aromatic rings. The van der Waals surface area contributed by atoms with Gasteiger partial charge in [0, 0.05) is 24.8 Å². The molecule has 1 aliphatic heterocycles. The fraction of sp³-hybridized carbons (Fsp3) is 0.364. The molecule has 0 saturated carbocycles. The van der Waals surface area contributed by atoms with Gasteiger partial charge in [-0.2, -0.15) is 0 Å². The largest absolute Gasteiger partial charge is 0.389 e. The Balaban J connectivity index is 2.09. The Hall–Kier alpha value is -1.69. The lowest BCUT2D eigenvalue weighted by atomic mass is 10.1. The monoisotopic (exact) mass is 250 g/mol. The van der Waals surface area contributed by atoms with Gasteiger partial charge < -0.3 is 16.4 Å². The van der Waals surface area contributed by atoms with Crippen LogP contribution < -0.4 is 16.4 Å². The minimum atomic E-state index is -0.243. The molecule has 2 heterocycles. The molecule has 1 atom stereocenters. The first kappa shape index (κ1) is 11.8. The summed E-state index contributed by atoms with van der Waals surface area (Å²) < 4.78 is 0. The van der Waals surface area contributed by atoms with Gasteiger partial charge in [0.1, 0.15) is 10.8 Å². The molecule has 0 aromatic carbocycles. The molecule has 0 radical (unpaired) electrons. The zero-order chi connectivity index (χ0) is 12.4. The smallest absolute Gasteiger partial charge is 0.222 e. The van der Waals surface area contributed by atoms with Crippen LogP contribution >= 0.6 is 12.2 Å².